The second-order valence-corrected chi connectivity index (χ2v) is 7.81. The fraction of sp³-hybridized carbons (Fsp3) is 0.333. The third kappa shape index (κ3) is 2.25. The molecule has 4 heterocycles. The molecule has 1 aromatic carbocycles. The molecule has 2 aliphatic rings. The van der Waals surface area contributed by atoms with Gasteiger partial charge in [0.05, 0.1) is 12.0 Å². The number of carbonyl (C=O) groups excluding carboxylic acids is 2. The van der Waals surface area contributed by atoms with Crippen LogP contribution in [0.2, 0.25) is 0 Å². The lowest BCUT2D eigenvalue weighted by Crippen LogP contribution is -2.44. The molecule has 2 aliphatic heterocycles. The summed E-state index contributed by atoms with van der Waals surface area (Å²) in [6, 6.07) is 7.23. The SMILES string of the molecule is Cc1ncn(C)c1C(=O)N1CC[C@]2(C(=O)Nc3ccccc32)[C@@H]1c1nccn1C. The van der Waals surface area contributed by atoms with Crippen LogP contribution < -0.4 is 5.32 Å². The average Bonchev–Trinajstić information content (AvgIpc) is 3.44. The lowest BCUT2D eigenvalue weighted by Gasteiger charge is -2.33. The Labute approximate surface area is 168 Å². The van der Waals surface area contributed by atoms with Crippen LogP contribution in [-0.4, -0.2) is 42.4 Å². The van der Waals surface area contributed by atoms with E-state index in [-0.39, 0.29) is 11.8 Å². The maximum atomic E-state index is 13.6. The van der Waals surface area contributed by atoms with Gasteiger partial charge in [-0.25, -0.2) is 9.97 Å². The highest BCUT2D eigenvalue weighted by molar-refractivity contribution is 6.08. The van der Waals surface area contributed by atoms with Gasteiger partial charge >= 0.3 is 0 Å². The van der Waals surface area contributed by atoms with E-state index in [0.717, 1.165) is 11.3 Å². The van der Waals surface area contributed by atoms with Crippen molar-refractivity contribution in [3.63, 3.8) is 0 Å². The zero-order chi connectivity index (χ0) is 20.3. The molecule has 0 saturated carbocycles. The molecule has 148 valence electrons. The highest BCUT2D eigenvalue weighted by Crippen LogP contribution is 2.54. The van der Waals surface area contributed by atoms with Gasteiger partial charge in [0.15, 0.2) is 0 Å². The minimum atomic E-state index is -0.863. The fourth-order valence-electron chi connectivity index (χ4n) is 4.89. The van der Waals surface area contributed by atoms with Crippen LogP contribution in [0.25, 0.3) is 0 Å². The molecule has 0 unspecified atom stereocenters. The zero-order valence-corrected chi connectivity index (χ0v) is 16.6. The maximum Gasteiger partial charge on any atom is 0.273 e. The molecule has 2 atom stereocenters. The summed E-state index contributed by atoms with van der Waals surface area (Å²) >= 11 is 0. The fourth-order valence-corrected chi connectivity index (χ4v) is 4.89. The first-order valence-corrected chi connectivity index (χ1v) is 9.62. The van der Waals surface area contributed by atoms with Crippen molar-refractivity contribution < 1.29 is 9.59 Å². The van der Waals surface area contributed by atoms with Crippen molar-refractivity contribution in [1.29, 1.82) is 0 Å². The number of benzene rings is 1. The summed E-state index contributed by atoms with van der Waals surface area (Å²) < 4.78 is 3.63. The lowest BCUT2D eigenvalue weighted by atomic mass is 9.74. The molecule has 1 N–H and O–H groups in total. The number of likely N-dealkylation sites (tertiary alicyclic amines) is 1. The molecule has 3 aromatic rings. The smallest absolute Gasteiger partial charge is 0.273 e. The highest BCUT2D eigenvalue weighted by Gasteiger charge is 2.60. The number of hydrogen-bond donors (Lipinski definition) is 1. The molecule has 1 fully saturated rings. The minimum Gasteiger partial charge on any atom is -0.336 e. The van der Waals surface area contributed by atoms with E-state index < -0.39 is 11.5 Å². The van der Waals surface area contributed by atoms with Crippen molar-refractivity contribution in [2.24, 2.45) is 14.1 Å². The maximum absolute atomic E-state index is 13.6. The molecule has 2 aromatic heterocycles. The van der Waals surface area contributed by atoms with Crippen molar-refractivity contribution >= 4 is 17.5 Å². The van der Waals surface area contributed by atoms with Gasteiger partial charge in [-0.1, -0.05) is 18.2 Å². The van der Waals surface area contributed by atoms with Gasteiger partial charge in [-0.05, 0) is 25.0 Å². The molecule has 2 amide bonds. The molecule has 0 bridgehead atoms. The van der Waals surface area contributed by atoms with Crippen LogP contribution in [0.5, 0.6) is 0 Å². The molecule has 0 aliphatic carbocycles. The Hall–Kier alpha value is -3.42. The summed E-state index contributed by atoms with van der Waals surface area (Å²) in [4.78, 5) is 37.6. The summed E-state index contributed by atoms with van der Waals surface area (Å²) in [6.07, 6.45) is 5.73. The first kappa shape index (κ1) is 17.7. The summed E-state index contributed by atoms with van der Waals surface area (Å²) in [7, 11) is 3.71. The Morgan fingerprint density at radius 2 is 2.00 bits per heavy atom. The minimum absolute atomic E-state index is 0.0799. The van der Waals surface area contributed by atoms with Crippen molar-refractivity contribution in [2.45, 2.75) is 24.8 Å². The van der Waals surface area contributed by atoms with Crippen LogP contribution in [0, 0.1) is 6.92 Å². The normalized spacial score (nSPS) is 22.9. The van der Waals surface area contributed by atoms with Crippen molar-refractivity contribution in [1.82, 2.24) is 24.0 Å². The number of fused-ring (bicyclic) bond motifs is 2. The van der Waals surface area contributed by atoms with E-state index in [1.807, 2.05) is 56.0 Å². The van der Waals surface area contributed by atoms with E-state index in [2.05, 4.69) is 15.3 Å². The first-order valence-electron chi connectivity index (χ1n) is 9.62. The number of amides is 2. The Bertz CT molecular complexity index is 1130. The Morgan fingerprint density at radius 1 is 1.21 bits per heavy atom. The third-order valence-electron chi connectivity index (χ3n) is 6.27. The topological polar surface area (TPSA) is 85.1 Å². The highest BCUT2D eigenvalue weighted by atomic mass is 16.2. The summed E-state index contributed by atoms with van der Waals surface area (Å²) in [6.45, 7) is 2.29. The van der Waals surface area contributed by atoms with E-state index in [1.165, 1.54) is 0 Å². The van der Waals surface area contributed by atoms with E-state index >= 15 is 0 Å². The molecular formula is C21H22N6O2. The van der Waals surface area contributed by atoms with Gasteiger partial charge in [0.2, 0.25) is 5.91 Å². The number of nitrogens with one attached hydrogen (secondary N) is 1. The lowest BCUT2D eigenvalue weighted by molar-refractivity contribution is -0.121. The van der Waals surface area contributed by atoms with Gasteiger partial charge < -0.3 is 19.4 Å². The van der Waals surface area contributed by atoms with Gasteiger partial charge in [0.25, 0.3) is 5.91 Å². The molecule has 8 nitrogen and oxygen atoms in total. The van der Waals surface area contributed by atoms with E-state index in [4.69, 9.17) is 0 Å². The molecule has 1 spiro atoms. The Kier molecular flexibility index (Phi) is 3.68. The van der Waals surface area contributed by atoms with E-state index in [9.17, 15) is 9.59 Å². The van der Waals surface area contributed by atoms with Gasteiger partial charge in [-0.3, -0.25) is 9.59 Å². The van der Waals surface area contributed by atoms with Crippen LogP contribution in [-0.2, 0) is 24.3 Å². The van der Waals surface area contributed by atoms with Crippen LogP contribution in [0.3, 0.4) is 0 Å². The average molecular weight is 390 g/mol. The quantitative estimate of drug-likeness (QED) is 0.725. The predicted molar refractivity (Wildman–Crippen MR) is 106 cm³/mol. The number of carbonyl (C=O) groups is 2. The second kappa shape index (κ2) is 6.04. The number of nitrogens with zero attached hydrogens (tertiary/aromatic N) is 5. The van der Waals surface area contributed by atoms with Crippen LogP contribution >= 0.6 is 0 Å². The number of rotatable bonds is 2. The number of aromatic nitrogens is 4. The summed E-state index contributed by atoms with van der Waals surface area (Å²) in [5.41, 5.74) is 2.08. The third-order valence-corrected chi connectivity index (χ3v) is 6.27. The van der Waals surface area contributed by atoms with Crippen LogP contribution in [0.15, 0.2) is 43.0 Å². The molecule has 29 heavy (non-hydrogen) atoms. The number of aryl methyl sites for hydroxylation is 3. The molecule has 0 radical (unpaired) electrons. The van der Waals surface area contributed by atoms with Gasteiger partial charge in [0, 0.05) is 38.7 Å². The number of para-hydroxylation sites is 1. The van der Waals surface area contributed by atoms with Gasteiger partial charge in [-0.2, -0.15) is 0 Å². The molecule has 8 heteroatoms. The van der Waals surface area contributed by atoms with Crippen molar-refractivity contribution in [3.8, 4) is 0 Å². The summed E-state index contributed by atoms with van der Waals surface area (Å²) in [5.74, 6) is 0.482. The van der Waals surface area contributed by atoms with Gasteiger partial charge in [-0.15, -0.1) is 0 Å². The molecular weight excluding hydrogens is 368 g/mol. The summed E-state index contributed by atoms with van der Waals surface area (Å²) in [5, 5.41) is 3.03. The van der Waals surface area contributed by atoms with Crippen molar-refractivity contribution in [2.75, 3.05) is 11.9 Å². The standard InChI is InChI=1S/C21H22N6O2/c1-13-16(26(3)12-23-13)19(28)27-10-8-21(17(27)18-22-9-11-25(18)2)14-6-4-5-7-15(14)24-20(21)29/h4-7,9,11-12,17H,8,10H2,1-3H3,(H,24,29)/t17-,21+/m0/s1. The van der Waals surface area contributed by atoms with Gasteiger partial charge in [0.1, 0.15) is 23.0 Å². The van der Waals surface area contributed by atoms with Crippen LogP contribution in [0.4, 0.5) is 5.69 Å². The number of hydrogen-bond acceptors (Lipinski definition) is 4. The number of anilines is 1. The number of imidazole rings is 2. The molecule has 1 saturated heterocycles. The van der Waals surface area contributed by atoms with Crippen LogP contribution in [0.1, 0.15) is 40.0 Å². The zero-order valence-electron chi connectivity index (χ0n) is 16.6. The molecule has 5 rings (SSSR count). The van der Waals surface area contributed by atoms with E-state index in [0.29, 0.717) is 30.2 Å². The Morgan fingerprint density at radius 3 is 2.69 bits per heavy atom. The second-order valence-electron chi connectivity index (χ2n) is 7.81. The van der Waals surface area contributed by atoms with Crippen molar-refractivity contribution in [3.05, 3.63) is 65.8 Å². The first-order chi connectivity index (χ1) is 13.9. The predicted octanol–water partition coefficient (Wildman–Crippen LogP) is 1.94. The monoisotopic (exact) mass is 390 g/mol. The van der Waals surface area contributed by atoms with E-state index in [1.54, 1.807) is 22.0 Å². The Balaban J connectivity index is 1.70. The largest absolute Gasteiger partial charge is 0.336 e.